The second-order valence-corrected chi connectivity index (χ2v) is 7.41. The Labute approximate surface area is 128 Å². The molecule has 2 unspecified atom stereocenters. The van der Waals surface area contributed by atoms with E-state index in [4.69, 9.17) is 0 Å². The van der Waals surface area contributed by atoms with Crippen LogP contribution < -0.4 is 5.32 Å². The second-order valence-electron chi connectivity index (χ2n) is 6.10. The standard InChI is InChI=1S/C18H29NS/c1-4-12-19-17-8-6-5-7-9-18(17)20-16-11-10-14(2)15(3)13-16/h10-11,13,17-19H,4-9,12H2,1-3H3. The molecule has 1 saturated carbocycles. The van der Waals surface area contributed by atoms with Crippen molar-refractivity contribution in [2.75, 3.05) is 6.54 Å². The third-order valence-electron chi connectivity index (χ3n) is 4.37. The van der Waals surface area contributed by atoms with Crippen molar-refractivity contribution in [2.24, 2.45) is 0 Å². The van der Waals surface area contributed by atoms with E-state index >= 15 is 0 Å². The summed E-state index contributed by atoms with van der Waals surface area (Å²) in [5.41, 5.74) is 2.82. The lowest BCUT2D eigenvalue weighted by atomic mass is 10.1. The van der Waals surface area contributed by atoms with E-state index < -0.39 is 0 Å². The van der Waals surface area contributed by atoms with E-state index in [0.29, 0.717) is 6.04 Å². The van der Waals surface area contributed by atoms with Crippen molar-refractivity contribution in [2.45, 2.75) is 75.5 Å². The molecule has 1 nitrogen and oxygen atoms in total. The van der Waals surface area contributed by atoms with E-state index in [2.05, 4.69) is 56.0 Å². The van der Waals surface area contributed by atoms with Gasteiger partial charge in [-0.15, -0.1) is 11.8 Å². The molecule has 1 aromatic carbocycles. The molecule has 1 fully saturated rings. The van der Waals surface area contributed by atoms with Gasteiger partial charge in [0.05, 0.1) is 0 Å². The zero-order valence-corrected chi connectivity index (χ0v) is 14.1. The Morgan fingerprint density at radius 2 is 1.90 bits per heavy atom. The van der Waals surface area contributed by atoms with E-state index in [1.807, 2.05) is 0 Å². The Balaban J connectivity index is 2.03. The first-order valence-electron chi connectivity index (χ1n) is 8.18. The molecule has 2 atom stereocenters. The highest BCUT2D eigenvalue weighted by atomic mass is 32.2. The smallest absolute Gasteiger partial charge is 0.0248 e. The summed E-state index contributed by atoms with van der Waals surface area (Å²) in [4.78, 5) is 1.45. The van der Waals surface area contributed by atoms with Crippen molar-refractivity contribution < 1.29 is 0 Å². The Bertz CT molecular complexity index is 416. The first-order valence-corrected chi connectivity index (χ1v) is 9.06. The molecule has 0 saturated heterocycles. The number of rotatable bonds is 5. The summed E-state index contributed by atoms with van der Waals surface area (Å²) in [7, 11) is 0. The van der Waals surface area contributed by atoms with Crippen molar-refractivity contribution in [3.8, 4) is 0 Å². The quantitative estimate of drug-likeness (QED) is 0.758. The molecular formula is C18H29NS. The normalized spacial score (nSPS) is 23.6. The fraction of sp³-hybridized carbons (Fsp3) is 0.667. The number of aryl methyl sites for hydroxylation is 2. The summed E-state index contributed by atoms with van der Waals surface area (Å²) in [6.07, 6.45) is 8.14. The largest absolute Gasteiger partial charge is 0.313 e. The third kappa shape index (κ3) is 4.53. The van der Waals surface area contributed by atoms with Crippen molar-refractivity contribution in [3.63, 3.8) is 0 Å². The van der Waals surface area contributed by atoms with Gasteiger partial charge in [-0.3, -0.25) is 0 Å². The molecular weight excluding hydrogens is 262 g/mol. The molecule has 0 radical (unpaired) electrons. The fourth-order valence-corrected chi connectivity index (χ4v) is 4.36. The van der Waals surface area contributed by atoms with Gasteiger partial charge >= 0.3 is 0 Å². The lowest BCUT2D eigenvalue weighted by Crippen LogP contribution is -2.37. The monoisotopic (exact) mass is 291 g/mol. The van der Waals surface area contributed by atoms with Crippen LogP contribution in [0.3, 0.4) is 0 Å². The number of nitrogens with one attached hydrogen (secondary N) is 1. The average molecular weight is 292 g/mol. The van der Waals surface area contributed by atoms with Gasteiger partial charge in [-0.05, 0) is 62.9 Å². The summed E-state index contributed by atoms with van der Waals surface area (Å²) >= 11 is 2.10. The zero-order valence-electron chi connectivity index (χ0n) is 13.2. The molecule has 2 heteroatoms. The molecule has 0 spiro atoms. The first kappa shape index (κ1) is 15.9. The molecule has 0 bridgehead atoms. The highest BCUT2D eigenvalue weighted by molar-refractivity contribution is 8.00. The van der Waals surface area contributed by atoms with Gasteiger partial charge in [0.25, 0.3) is 0 Å². The van der Waals surface area contributed by atoms with Gasteiger partial charge in [0.1, 0.15) is 0 Å². The summed E-state index contributed by atoms with van der Waals surface area (Å²) in [6.45, 7) is 7.84. The molecule has 0 amide bonds. The minimum Gasteiger partial charge on any atom is -0.313 e. The molecule has 1 aromatic rings. The Morgan fingerprint density at radius 1 is 1.10 bits per heavy atom. The molecule has 112 valence electrons. The lowest BCUT2D eigenvalue weighted by molar-refractivity contribution is 0.470. The van der Waals surface area contributed by atoms with Crippen molar-refractivity contribution in [1.82, 2.24) is 5.32 Å². The predicted molar refractivity (Wildman–Crippen MR) is 90.7 cm³/mol. The molecule has 1 aliphatic carbocycles. The van der Waals surface area contributed by atoms with Gasteiger partial charge in [0.2, 0.25) is 0 Å². The molecule has 1 N–H and O–H groups in total. The van der Waals surface area contributed by atoms with Gasteiger partial charge in [-0.25, -0.2) is 0 Å². The van der Waals surface area contributed by atoms with E-state index in [9.17, 15) is 0 Å². The SMILES string of the molecule is CCCNC1CCCCCC1Sc1ccc(C)c(C)c1. The van der Waals surface area contributed by atoms with Crippen LogP contribution in [0, 0.1) is 13.8 Å². The lowest BCUT2D eigenvalue weighted by Gasteiger charge is -2.26. The van der Waals surface area contributed by atoms with Gasteiger partial charge in [0.15, 0.2) is 0 Å². The Kier molecular flexibility index (Phi) is 6.44. The van der Waals surface area contributed by atoms with Crippen LogP contribution in [0.5, 0.6) is 0 Å². The van der Waals surface area contributed by atoms with Crippen LogP contribution in [0.2, 0.25) is 0 Å². The van der Waals surface area contributed by atoms with Crippen LogP contribution in [0.1, 0.15) is 56.6 Å². The van der Waals surface area contributed by atoms with Gasteiger partial charge in [-0.2, -0.15) is 0 Å². The van der Waals surface area contributed by atoms with E-state index in [0.717, 1.165) is 11.8 Å². The van der Waals surface area contributed by atoms with Gasteiger partial charge < -0.3 is 5.32 Å². The van der Waals surface area contributed by atoms with Crippen LogP contribution in [0.4, 0.5) is 0 Å². The minimum absolute atomic E-state index is 0.698. The van der Waals surface area contributed by atoms with Gasteiger partial charge in [-0.1, -0.05) is 32.3 Å². The maximum atomic E-state index is 3.79. The second kappa shape index (κ2) is 8.09. The summed E-state index contributed by atoms with van der Waals surface area (Å²) in [5, 5.41) is 4.53. The maximum absolute atomic E-state index is 3.79. The third-order valence-corrected chi connectivity index (χ3v) is 5.77. The fourth-order valence-electron chi connectivity index (χ4n) is 2.94. The summed E-state index contributed by atoms with van der Waals surface area (Å²) in [6, 6.07) is 7.63. The van der Waals surface area contributed by atoms with Crippen LogP contribution in [-0.2, 0) is 0 Å². The van der Waals surface area contributed by atoms with E-state index in [1.54, 1.807) is 0 Å². The average Bonchev–Trinajstić information content (AvgIpc) is 2.66. The highest BCUT2D eigenvalue weighted by Crippen LogP contribution is 2.33. The Hall–Kier alpha value is -0.470. The minimum atomic E-state index is 0.698. The topological polar surface area (TPSA) is 12.0 Å². The van der Waals surface area contributed by atoms with Crippen LogP contribution in [0.15, 0.2) is 23.1 Å². The Morgan fingerprint density at radius 3 is 2.65 bits per heavy atom. The van der Waals surface area contributed by atoms with Crippen molar-refractivity contribution >= 4 is 11.8 Å². The number of benzene rings is 1. The number of hydrogen-bond acceptors (Lipinski definition) is 2. The molecule has 0 aromatic heterocycles. The van der Waals surface area contributed by atoms with Crippen LogP contribution >= 0.6 is 11.8 Å². The van der Waals surface area contributed by atoms with E-state index in [-0.39, 0.29) is 0 Å². The van der Waals surface area contributed by atoms with E-state index in [1.165, 1.54) is 54.5 Å². The number of hydrogen-bond donors (Lipinski definition) is 1. The predicted octanol–water partition coefficient (Wildman–Crippen LogP) is 5.10. The molecule has 0 aliphatic heterocycles. The van der Waals surface area contributed by atoms with Gasteiger partial charge in [0, 0.05) is 16.2 Å². The molecule has 0 heterocycles. The zero-order chi connectivity index (χ0) is 14.4. The van der Waals surface area contributed by atoms with Crippen molar-refractivity contribution in [1.29, 1.82) is 0 Å². The van der Waals surface area contributed by atoms with Crippen molar-refractivity contribution in [3.05, 3.63) is 29.3 Å². The molecule has 2 rings (SSSR count). The maximum Gasteiger partial charge on any atom is 0.0248 e. The van der Waals surface area contributed by atoms with Crippen LogP contribution in [0.25, 0.3) is 0 Å². The molecule has 20 heavy (non-hydrogen) atoms. The summed E-state index contributed by atoms with van der Waals surface area (Å²) in [5.74, 6) is 0. The highest BCUT2D eigenvalue weighted by Gasteiger charge is 2.24. The number of thioether (sulfide) groups is 1. The molecule has 1 aliphatic rings. The van der Waals surface area contributed by atoms with Crippen LogP contribution in [-0.4, -0.2) is 17.8 Å². The summed E-state index contributed by atoms with van der Waals surface area (Å²) < 4.78 is 0. The first-order chi connectivity index (χ1) is 9.70.